The highest BCUT2D eigenvalue weighted by atomic mass is 16.2. The van der Waals surface area contributed by atoms with Gasteiger partial charge in [-0.15, -0.1) is 0 Å². The van der Waals surface area contributed by atoms with Gasteiger partial charge in [-0.05, 0) is 43.0 Å². The second kappa shape index (κ2) is 6.17. The van der Waals surface area contributed by atoms with Gasteiger partial charge in [0.05, 0.1) is 6.04 Å². The predicted octanol–water partition coefficient (Wildman–Crippen LogP) is 3.28. The maximum atomic E-state index is 12.8. The van der Waals surface area contributed by atoms with Gasteiger partial charge in [0.2, 0.25) is 5.91 Å². The van der Waals surface area contributed by atoms with E-state index in [0.29, 0.717) is 5.92 Å². The van der Waals surface area contributed by atoms with E-state index < -0.39 is 0 Å². The third kappa shape index (κ3) is 2.77. The van der Waals surface area contributed by atoms with Crippen LogP contribution in [0, 0.1) is 0 Å². The first-order valence-electron chi connectivity index (χ1n) is 8.48. The number of nitrogens with zero attached hydrogens (tertiary/aromatic N) is 2. The van der Waals surface area contributed by atoms with Gasteiger partial charge >= 0.3 is 0 Å². The first-order valence-corrected chi connectivity index (χ1v) is 8.48. The lowest BCUT2D eigenvalue weighted by Crippen LogP contribution is -2.40. The first-order chi connectivity index (χ1) is 11.3. The second-order valence-corrected chi connectivity index (χ2v) is 6.52. The summed E-state index contributed by atoms with van der Waals surface area (Å²) in [5, 5.41) is 0. The van der Waals surface area contributed by atoms with Crippen molar-refractivity contribution in [1.29, 1.82) is 0 Å². The molecule has 2 heterocycles. The number of carbonyl (C=O) groups is 1. The Kier molecular flexibility index (Phi) is 3.88. The maximum Gasteiger partial charge on any atom is 0.244 e. The molecule has 2 fully saturated rings. The van der Waals surface area contributed by atoms with Crippen LogP contribution in [-0.2, 0) is 4.79 Å². The van der Waals surface area contributed by atoms with E-state index in [-0.39, 0.29) is 11.9 Å². The summed E-state index contributed by atoms with van der Waals surface area (Å²) in [6.07, 6.45) is 2.09. The highest BCUT2D eigenvalue weighted by Gasteiger charge is 2.39. The molecule has 2 aliphatic heterocycles. The SMILES string of the molecule is O=C1C(N2CCC(c3ccccc3)C2)CCN1c1ccccc1. The van der Waals surface area contributed by atoms with Crippen LogP contribution in [0.5, 0.6) is 0 Å². The van der Waals surface area contributed by atoms with Crippen LogP contribution >= 0.6 is 0 Å². The fourth-order valence-corrected chi connectivity index (χ4v) is 3.94. The number of hydrogen-bond donors (Lipinski definition) is 0. The minimum Gasteiger partial charge on any atom is -0.311 e. The molecule has 2 atom stereocenters. The Morgan fingerprint density at radius 3 is 2.26 bits per heavy atom. The molecule has 2 aromatic rings. The number of anilines is 1. The molecular weight excluding hydrogens is 284 g/mol. The number of rotatable bonds is 3. The van der Waals surface area contributed by atoms with Crippen LogP contribution in [0.15, 0.2) is 60.7 Å². The molecule has 0 N–H and O–H groups in total. The third-order valence-electron chi connectivity index (χ3n) is 5.18. The fourth-order valence-electron chi connectivity index (χ4n) is 3.94. The second-order valence-electron chi connectivity index (χ2n) is 6.52. The minimum absolute atomic E-state index is 0.0592. The molecule has 23 heavy (non-hydrogen) atoms. The number of carbonyl (C=O) groups excluding carboxylic acids is 1. The molecule has 2 aliphatic rings. The lowest BCUT2D eigenvalue weighted by molar-refractivity contribution is -0.121. The molecule has 3 heteroatoms. The standard InChI is InChI=1S/C20H22N2O/c23-20-19(12-14-22(20)18-9-5-2-6-10-18)21-13-11-17(15-21)16-7-3-1-4-8-16/h1-10,17,19H,11-15H2. The van der Waals surface area contributed by atoms with Crippen molar-refractivity contribution in [2.45, 2.75) is 24.8 Å². The molecule has 4 rings (SSSR count). The van der Waals surface area contributed by atoms with Gasteiger partial charge in [-0.2, -0.15) is 0 Å². The molecule has 2 aromatic carbocycles. The molecule has 1 amide bonds. The highest BCUT2D eigenvalue weighted by Crippen LogP contribution is 2.32. The van der Waals surface area contributed by atoms with Crippen molar-refractivity contribution < 1.29 is 4.79 Å². The van der Waals surface area contributed by atoms with Crippen LogP contribution < -0.4 is 4.90 Å². The summed E-state index contributed by atoms with van der Waals surface area (Å²) in [5.74, 6) is 0.833. The molecule has 2 unspecified atom stereocenters. The van der Waals surface area contributed by atoms with E-state index in [9.17, 15) is 4.79 Å². The van der Waals surface area contributed by atoms with E-state index in [1.807, 2.05) is 35.2 Å². The first kappa shape index (κ1) is 14.5. The largest absolute Gasteiger partial charge is 0.311 e. The average molecular weight is 306 g/mol. The molecule has 0 aliphatic carbocycles. The molecule has 0 saturated carbocycles. The minimum atomic E-state index is 0.0592. The Hall–Kier alpha value is -2.13. The van der Waals surface area contributed by atoms with Gasteiger partial charge in [-0.3, -0.25) is 9.69 Å². The van der Waals surface area contributed by atoms with Gasteiger partial charge in [-0.1, -0.05) is 48.5 Å². The molecule has 0 spiro atoms. The molecule has 0 radical (unpaired) electrons. The van der Waals surface area contributed by atoms with Crippen molar-refractivity contribution in [3.8, 4) is 0 Å². The Morgan fingerprint density at radius 2 is 1.52 bits per heavy atom. The zero-order valence-corrected chi connectivity index (χ0v) is 13.3. The Labute approximate surface area is 137 Å². The molecule has 3 nitrogen and oxygen atoms in total. The molecule has 0 aromatic heterocycles. The van der Waals surface area contributed by atoms with Gasteiger partial charge in [-0.25, -0.2) is 0 Å². The lowest BCUT2D eigenvalue weighted by Gasteiger charge is -2.23. The zero-order valence-electron chi connectivity index (χ0n) is 13.3. The van der Waals surface area contributed by atoms with E-state index in [1.165, 1.54) is 5.56 Å². The summed E-state index contributed by atoms with van der Waals surface area (Å²) in [4.78, 5) is 17.2. The van der Waals surface area contributed by atoms with Crippen LogP contribution in [-0.4, -0.2) is 36.5 Å². The van der Waals surface area contributed by atoms with Crippen molar-refractivity contribution in [3.63, 3.8) is 0 Å². The van der Waals surface area contributed by atoms with Crippen molar-refractivity contribution in [2.24, 2.45) is 0 Å². The average Bonchev–Trinajstić information content (AvgIpc) is 3.23. The smallest absolute Gasteiger partial charge is 0.244 e. The van der Waals surface area contributed by atoms with Crippen molar-refractivity contribution in [2.75, 3.05) is 24.5 Å². The fraction of sp³-hybridized carbons (Fsp3) is 0.350. The Balaban J connectivity index is 1.45. The van der Waals surface area contributed by atoms with Crippen molar-refractivity contribution >= 4 is 11.6 Å². The van der Waals surface area contributed by atoms with Gasteiger partial charge < -0.3 is 4.90 Å². The van der Waals surface area contributed by atoms with Gasteiger partial charge in [0.25, 0.3) is 0 Å². The van der Waals surface area contributed by atoms with E-state index >= 15 is 0 Å². The molecule has 0 bridgehead atoms. The van der Waals surface area contributed by atoms with Gasteiger partial charge in [0.15, 0.2) is 0 Å². The van der Waals surface area contributed by atoms with Crippen LogP contribution in [0.2, 0.25) is 0 Å². The summed E-state index contributed by atoms with van der Waals surface area (Å²) in [6, 6.07) is 20.8. The van der Waals surface area contributed by atoms with Gasteiger partial charge in [0.1, 0.15) is 0 Å². The summed E-state index contributed by atoms with van der Waals surface area (Å²) >= 11 is 0. The highest BCUT2D eigenvalue weighted by molar-refractivity contribution is 5.99. The molecule has 118 valence electrons. The van der Waals surface area contributed by atoms with Crippen molar-refractivity contribution in [3.05, 3.63) is 66.2 Å². The number of para-hydroxylation sites is 1. The maximum absolute atomic E-state index is 12.8. The lowest BCUT2D eigenvalue weighted by atomic mass is 9.99. The van der Waals surface area contributed by atoms with E-state index in [0.717, 1.165) is 38.2 Å². The Morgan fingerprint density at radius 1 is 0.826 bits per heavy atom. The topological polar surface area (TPSA) is 23.6 Å². The van der Waals surface area contributed by atoms with Crippen LogP contribution in [0.3, 0.4) is 0 Å². The third-order valence-corrected chi connectivity index (χ3v) is 5.18. The number of amides is 1. The summed E-state index contributed by atoms with van der Waals surface area (Å²) in [6.45, 7) is 2.86. The predicted molar refractivity (Wildman–Crippen MR) is 92.6 cm³/mol. The van der Waals surface area contributed by atoms with E-state index in [4.69, 9.17) is 0 Å². The summed E-state index contributed by atoms with van der Waals surface area (Å²) < 4.78 is 0. The Bertz CT molecular complexity index is 671. The van der Waals surface area contributed by atoms with Gasteiger partial charge in [0, 0.05) is 18.8 Å². The zero-order chi connectivity index (χ0) is 15.6. The summed E-state index contributed by atoms with van der Waals surface area (Å²) in [7, 11) is 0. The van der Waals surface area contributed by atoms with E-state index in [1.54, 1.807) is 0 Å². The van der Waals surface area contributed by atoms with Crippen molar-refractivity contribution in [1.82, 2.24) is 4.90 Å². The van der Waals surface area contributed by atoms with Crippen LogP contribution in [0.25, 0.3) is 0 Å². The van der Waals surface area contributed by atoms with Crippen LogP contribution in [0.1, 0.15) is 24.3 Å². The number of likely N-dealkylation sites (tertiary alicyclic amines) is 1. The number of hydrogen-bond acceptors (Lipinski definition) is 2. The normalized spacial score (nSPS) is 25.2. The number of benzene rings is 2. The quantitative estimate of drug-likeness (QED) is 0.869. The van der Waals surface area contributed by atoms with E-state index in [2.05, 4.69) is 35.2 Å². The van der Waals surface area contributed by atoms with Crippen LogP contribution in [0.4, 0.5) is 5.69 Å². The monoisotopic (exact) mass is 306 g/mol. The molecule has 2 saturated heterocycles. The summed E-state index contributed by atoms with van der Waals surface area (Å²) in [5.41, 5.74) is 2.43. The molecular formula is C20H22N2O.